The van der Waals surface area contributed by atoms with E-state index in [4.69, 9.17) is 52.4 Å². The van der Waals surface area contributed by atoms with Crippen LogP contribution in [0.25, 0.3) is 21.5 Å². The van der Waals surface area contributed by atoms with Gasteiger partial charge in [-0.2, -0.15) is 0 Å². The number of amides is 7. The molecule has 0 saturated carbocycles. The summed E-state index contributed by atoms with van der Waals surface area (Å²) in [6, 6.07) is 25.6. The largest absolute Gasteiger partial charge is 0.524 e. The van der Waals surface area contributed by atoms with Gasteiger partial charge in [-0.25, -0.2) is 23.7 Å². The van der Waals surface area contributed by atoms with Crippen LogP contribution in [-0.2, 0) is 41.4 Å². The number of carbonyl (C=O) groups excluding carboxylic acids is 8. The molecule has 27 heteroatoms. The fourth-order valence-corrected chi connectivity index (χ4v) is 13.1. The molecule has 0 unspecified atom stereocenters. The molecule has 0 spiro atoms. The zero-order chi connectivity index (χ0) is 66.8. The van der Waals surface area contributed by atoms with Gasteiger partial charge in [-0.1, -0.05) is 86.6 Å². The van der Waals surface area contributed by atoms with Crippen molar-refractivity contribution in [3.63, 3.8) is 0 Å². The van der Waals surface area contributed by atoms with Crippen molar-refractivity contribution in [3.8, 4) is 11.5 Å². The minimum atomic E-state index is -5.01. The number of hydrogen-bond donors (Lipinski definition) is 5. The Morgan fingerprint density at radius 1 is 0.750 bits per heavy atom. The SMILES string of the molecule is COCCN(CCN(C)C(=O)OCc1ccc(CC(=O)[C@H](CCCNC(N)=O)CC(=O)[C@@H](NC(=O)OC(C)(C)C)C(C)C)cc1)C(=O)Oc1cc2c(c3ccccc13)[C@H](CCl)CN2C(=O)c1ccc(C(=O)N2C[C@@H](CCl)c3c2cc(OP(=O)(O)O)c2ccccc32)s1. The standard InChI is InChI=1S/C65H76Cl2N7O16PS/c1-38(2)58(70-62(80)89-65(3,4)5)51(76)30-41(13-12-24-69-61(68)79)50(75)29-39-18-20-40(21-19-39)37-87-63(81)71(6)25-26-72(27-28-86-7)64(82)88-52-31-48-56(46-16-10-8-14-44(46)52)42(33-66)35-73(48)59(77)54-22-23-55(92-54)60(78)74-36-43(34-67)57-47-17-11-9-15-45(47)53(32-49(57)74)90-91(83,84)85/h8-11,14-23,31-32,38,41-43,58H,12-13,24-30,33-37H2,1-7H3,(H,70,80)(H3,68,69,79)(H2,83,84,85)/t41-,42-,43-,58+/m1/s1. The first-order valence-corrected chi connectivity index (χ1v) is 33.3. The van der Waals surface area contributed by atoms with E-state index >= 15 is 0 Å². The van der Waals surface area contributed by atoms with E-state index in [0.717, 1.165) is 22.5 Å². The number of hydrogen-bond acceptors (Lipinski definition) is 15. The Hall–Kier alpha value is -7.83. The first-order valence-electron chi connectivity index (χ1n) is 29.9. The summed E-state index contributed by atoms with van der Waals surface area (Å²) in [4.78, 5) is 134. The van der Waals surface area contributed by atoms with Crippen molar-refractivity contribution < 1.29 is 76.2 Å². The Morgan fingerprint density at radius 3 is 1.82 bits per heavy atom. The molecule has 3 heterocycles. The van der Waals surface area contributed by atoms with Gasteiger partial charge in [0, 0.05) is 119 Å². The zero-order valence-electron chi connectivity index (χ0n) is 52.1. The number of halogens is 2. The van der Waals surface area contributed by atoms with Gasteiger partial charge in [-0.3, -0.25) is 29.0 Å². The molecule has 2 aliphatic heterocycles. The number of phosphoric ester groups is 1. The number of Topliss-reactive ketones (excluding diaryl/α,β-unsaturated/α-hetero) is 2. The van der Waals surface area contributed by atoms with Crippen LogP contribution in [-0.4, -0.2) is 151 Å². The van der Waals surface area contributed by atoms with E-state index in [1.807, 2.05) is 12.1 Å². The number of urea groups is 1. The van der Waals surface area contributed by atoms with Gasteiger partial charge >= 0.3 is 32.1 Å². The van der Waals surface area contributed by atoms with Crippen LogP contribution in [0.4, 0.5) is 30.6 Å². The average molecular weight is 1350 g/mol. The minimum Gasteiger partial charge on any atom is -0.445 e. The summed E-state index contributed by atoms with van der Waals surface area (Å²) < 4.78 is 39.8. The van der Waals surface area contributed by atoms with Crippen molar-refractivity contribution in [1.82, 2.24) is 20.4 Å². The summed E-state index contributed by atoms with van der Waals surface area (Å²) in [7, 11) is -2.00. The molecule has 23 nitrogen and oxygen atoms in total. The highest BCUT2D eigenvalue weighted by molar-refractivity contribution is 7.46. The number of ether oxygens (including phenoxy) is 4. The maximum Gasteiger partial charge on any atom is 0.524 e. The number of methoxy groups -OCH3 is 1. The number of nitrogens with one attached hydrogen (secondary N) is 2. The number of ketones is 2. The smallest absolute Gasteiger partial charge is 0.445 e. The number of alkyl carbamates (subject to hydrolysis) is 1. The van der Waals surface area contributed by atoms with Crippen LogP contribution in [0.2, 0.25) is 0 Å². The quantitative estimate of drug-likeness (QED) is 0.0182. The van der Waals surface area contributed by atoms with Crippen LogP contribution in [0.1, 0.15) is 107 Å². The highest BCUT2D eigenvalue weighted by Gasteiger charge is 2.40. The lowest BCUT2D eigenvalue weighted by Crippen LogP contribution is -2.47. The van der Waals surface area contributed by atoms with Crippen molar-refractivity contribution in [3.05, 3.63) is 129 Å². The van der Waals surface area contributed by atoms with Crippen molar-refractivity contribution in [1.29, 1.82) is 0 Å². The third kappa shape index (κ3) is 17.4. The number of primary amides is 1. The molecule has 92 heavy (non-hydrogen) atoms. The highest BCUT2D eigenvalue weighted by atomic mass is 35.5. The van der Waals surface area contributed by atoms with Gasteiger partial charge in [0.15, 0.2) is 5.78 Å². The molecule has 6 N–H and O–H groups in total. The molecule has 5 aromatic carbocycles. The van der Waals surface area contributed by atoms with Crippen LogP contribution in [0.3, 0.4) is 0 Å². The predicted octanol–water partition coefficient (Wildman–Crippen LogP) is 10.9. The van der Waals surface area contributed by atoms with Crippen molar-refractivity contribution >= 4 is 123 Å². The highest BCUT2D eigenvalue weighted by Crippen LogP contribution is 2.50. The molecule has 6 aromatic rings. The molecule has 0 aliphatic carbocycles. The molecule has 0 saturated heterocycles. The molecule has 0 radical (unpaired) electrons. The lowest BCUT2D eigenvalue weighted by molar-refractivity contribution is -0.129. The third-order valence-electron chi connectivity index (χ3n) is 15.8. The van der Waals surface area contributed by atoms with Crippen LogP contribution in [0, 0.1) is 11.8 Å². The first kappa shape index (κ1) is 70.0. The van der Waals surface area contributed by atoms with Gasteiger partial charge in [0.1, 0.15) is 29.5 Å². The lowest BCUT2D eigenvalue weighted by atomic mass is 9.85. The molecule has 0 fully saturated rings. The summed E-state index contributed by atoms with van der Waals surface area (Å²) in [5, 5.41) is 7.51. The van der Waals surface area contributed by atoms with Gasteiger partial charge in [0.2, 0.25) is 0 Å². The number of rotatable bonds is 27. The number of carbonyl (C=O) groups is 8. The number of nitrogens with zero attached hydrogens (tertiary/aromatic N) is 4. The van der Waals surface area contributed by atoms with E-state index in [0.29, 0.717) is 50.5 Å². The van der Waals surface area contributed by atoms with Crippen LogP contribution in [0.15, 0.2) is 97.1 Å². The lowest BCUT2D eigenvalue weighted by Gasteiger charge is -2.26. The number of phosphoric acid groups is 1. The van der Waals surface area contributed by atoms with E-state index in [1.54, 1.807) is 118 Å². The summed E-state index contributed by atoms with van der Waals surface area (Å²) >= 11 is 14.1. The van der Waals surface area contributed by atoms with E-state index in [-0.39, 0.29) is 134 Å². The molecule has 1 aromatic heterocycles. The summed E-state index contributed by atoms with van der Waals surface area (Å²) in [5.74, 6) is -2.81. The van der Waals surface area contributed by atoms with E-state index in [2.05, 4.69) is 10.6 Å². The first-order chi connectivity index (χ1) is 43.7. The number of thiophene rings is 1. The second kappa shape index (κ2) is 30.7. The van der Waals surface area contributed by atoms with Gasteiger partial charge in [-0.15, -0.1) is 34.5 Å². The third-order valence-corrected chi connectivity index (χ3v) is 18.0. The summed E-state index contributed by atoms with van der Waals surface area (Å²) in [5.41, 5.74) is 8.03. The molecule has 492 valence electrons. The average Bonchev–Trinajstić information content (AvgIpc) is 1.56. The number of nitrogens with two attached hydrogens (primary N) is 1. The summed E-state index contributed by atoms with van der Waals surface area (Å²) in [6.45, 7) is 9.33. The van der Waals surface area contributed by atoms with Gasteiger partial charge < -0.3 is 59.4 Å². The monoisotopic (exact) mass is 1340 g/mol. The fourth-order valence-electron chi connectivity index (χ4n) is 11.3. The topological polar surface area (TPSA) is 303 Å². The van der Waals surface area contributed by atoms with E-state index < -0.39 is 61.5 Å². The molecule has 8 rings (SSSR count). The Labute approximate surface area is 546 Å². The van der Waals surface area contributed by atoms with Crippen molar-refractivity contribution in [2.24, 2.45) is 17.6 Å². The molecular weight excluding hydrogens is 1270 g/mol. The van der Waals surface area contributed by atoms with Gasteiger partial charge in [0.05, 0.1) is 33.8 Å². The van der Waals surface area contributed by atoms with Crippen molar-refractivity contribution in [2.75, 3.05) is 81.6 Å². The van der Waals surface area contributed by atoms with Crippen LogP contribution < -0.4 is 35.4 Å². The molecule has 4 atom stereocenters. The molecule has 2 aliphatic rings. The normalized spacial score (nSPS) is 15.1. The number of alkyl halides is 2. The zero-order valence-corrected chi connectivity index (χ0v) is 55.3. The molecule has 7 amide bonds. The van der Waals surface area contributed by atoms with E-state index in [1.165, 1.54) is 34.9 Å². The predicted molar refractivity (Wildman–Crippen MR) is 351 cm³/mol. The second-order valence-electron chi connectivity index (χ2n) is 23.9. The molecule has 0 bridgehead atoms. The Kier molecular flexibility index (Phi) is 23.4. The summed E-state index contributed by atoms with van der Waals surface area (Å²) in [6.07, 6.45) is -1.73. The Balaban J connectivity index is 0.910. The fraction of sp³-hybridized carbons (Fsp3) is 0.415. The van der Waals surface area contributed by atoms with Gasteiger partial charge in [0.25, 0.3) is 11.8 Å². The number of fused-ring (bicyclic) bond motifs is 6. The minimum absolute atomic E-state index is 0.00113. The Bertz CT molecular complexity index is 3780. The van der Waals surface area contributed by atoms with Crippen LogP contribution >= 0.6 is 42.4 Å². The number of likely N-dealkylation sites (N-methyl/N-ethyl adjacent to an activating group) is 1. The Morgan fingerprint density at radius 2 is 1.29 bits per heavy atom. The number of anilines is 2. The second-order valence-corrected chi connectivity index (χ2v) is 26.8. The number of benzene rings is 5. The van der Waals surface area contributed by atoms with Gasteiger partial charge in [-0.05, 0) is 84.7 Å². The molecular formula is C65H76Cl2N7O16PS. The van der Waals surface area contributed by atoms with E-state index in [9.17, 15) is 52.7 Å². The maximum absolute atomic E-state index is 14.7. The maximum atomic E-state index is 14.7. The van der Waals surface area contributed by atoms with Crippen molar-refractivity contribution in [2.45, 2.75) is 90.4 Å². The van der Waals surface area contributed by atoms with Crippen LogP contribution in [0.5, 0.6) is 11.5 Å².